The van der Waals surface area contributed by atoms with Crippen molar-refractivity contribution < 1.29 is 14.0 Å². The van der Waals surface area contributed by atoms with Gasteiger partial charge in [0.25, 0.3) is 5.89 Å². The summed E-state index contributed by atoms with van der Waals surface area (Å²) in [7, 11) is 1.59. The summed E-state index contributed by atoms with van der Waals surface area (Å²) in [6.07, 6.45) is 9.54. The Morgan fingerprint density at radius 1 is 1.33 bits per heavy atom. The molecule has 8 nitrogen and oxygen atoms in total. The molecule has 4 heterocycles. The zero-order chi connectivity index (χ0) is 16.4. The summed E-state index contributed by atoms with van der Waals surface area (Å²) < 4.78 is 18.6. The smallest absolute Gasteiger partial charge is 0.256 e. The SMILES string of the molecule is COc1cnccc1-c1noc([C@H]2OCC[C@H]2Cn2ccnc2)n1. The van der Waals surface area contributed by atoms with Crippen LogP contribution in [0.1, 0.15) is 18.4 Å². The molecule has 8 heteroatoms. The highest BCUT2D eigenvalue weighted by molar-refractivity contribution is 5.62. The number of hydrogen-bond donors (Lipinski definition) is 0. The second-order valence-corrected chi connectivity index (χ2v) is 5.63. The summed E-state index contributed by atoms with van der Waals surface area (Å²) in [5.74, 6) is 1.84. The van der Waals surface area contributed by atoms with Gasteiger partial charge in [-0.1, -0.05) is 5.16 Å². The number of rotatable bonds is 5. The lowest BCUT2D eigenvalue weighted by atomic mass is 10.0. The van der Waals surface area contributed by atoms with Crippen LogP contribution in [0.3, 0.4) is 0 Å². The maximum absolute atomic E-state index is 5.83. The first-order chi connectivity index (χ1) is 11.8. The topological polar surface area (TPSA) is 88.1 Å². The van der Waals surface area contributed by atoms with E-state index in [9.17, 15) is 0 Å². The molecule has 24 heavy (non-hydrogen) atoms. The van der Waals surface area contributed by atoms with Crippen LogP contribution in [-0.2, 0) is 11.3 Å². The van der Waals surface area contributed by atoms with Crippen LogP contribution in [0.4, 0.5) is 0 Å². The fraction of sp³-hybridized carbons (Fsp3) is 0.375. The van der Waals surface area contributed by atoms with Crippen molar-refractivity contribution in [2.45, 2.75) is 19.1 Å². The third-order valence-corrected chi connectivity index (χ3v) is 4.15. The highest BCUT2D eigenvalue weighted by Gasteiger charge is 2.34. The van der Waals surface area contributed by atoms with Crippen molar-refractivity contribution in [2.75, 3.05) is 13.7 Å². The van der Waals surface area contributed by atoms with Crippen molar-refractivity contribution >= 4 is 0 Å². The zero-order valence-electron chi connectivity index (χ0n) is 13.2. The predicted octanol–water partition coefficient (Wildman–Crippen LogP) is 2.11. The van der Waals surface area contributed by atoms with Crippen molar-refractivity contribution in [1.82, 2.24) is 24.7 Å². The third kappa shape index (κ3) is 2.76. The molecule has 0 bridgehead atoms. The van der Waals surface area contributed by atoms with Crippen molar-refractivity contribution in [3.05, 3.63) is 43.1 Å². The van der Waals surface area contributed by atoms with Crippen molar-refractivity contribution in [3.63, 3.8) is 0 Å². The number of pyridine rings is 1. The van der Waals surface area contributed by atoms with Gasteiger partial charge in [-0.25, -0.2) is 4.98 Å². The summed E-state index contributed by atoms with van der Waals surface area (Å²) in [6, 6.07) is 1.80. The molecule has 3 aromatic rings. The molecule has 2 atom stereocenters. The molecule has 1 aliphatic rings. The number of imidazole rings is 1. The van der Waals surface area contributed by atoms with Crippen LogP contribution in [-0.4, -0.2) is 38.4 Å². The molecule has 0 radical (unpaired) electrons. The van der Waals surface area contributed by atoms with Gasteiger partial charge in [0.2, 0.25) is 5.82 Å². The summed E-state index contributed by atoms with van der Waals surface area (Å²) in [5.41, 5.74) is 0.742. The van der Waals surface area contributed by atoms with Gasteiger partial charge in [-0.3, -0.25) is 4.98 Å². The predicted molar refractivity (Wildman–Crippen MR) is 83.1 cm³/mol. The van der Waals surface area contributed by atoms with E-state index in [-0.39, 0.29) is 12.0 Å². The largest absolute Gasteiger partial charge is 0.494 e. The van der Waals surface area contributed by atoms with Crippen molar-refractivity contribution in [1.29, 1.82) is 0 Å². The van der Waals surface area contributed by atoms with Gasteiger partial charge in [0, 0.05) is 37.7 Å². The average Bonchev–Trinajstić information content (AvgIpc) is 3.36. The summed E-state index contributed by atoms with van der Waals surface area (Å²) >= 11 is 0. The normalized spacial score (nSPS) is 20.4. The van der Waals surface area contributed by atoms with Crippen LogP contribution in [0.2, 0.25) is 0 Å². The molecule has 0 spiro atoms. The van der Waals surface area contributed by atoms with Crippen molar-refractivity contribution in [2.24, 2.45) is 5.92 Å². The maximum atomic E-state index is 5.83. The first-order valence-electron chi connectivity index (χ1n) is 7.74. The first kappa shape index (κ1) is 14.8. The summed E-state index contributed by atoms with van der Waals surface area (Å²) in [5, 5.41) is 4.08. The van der Waals surface area contributed by atoms with Crippen LogP contribution in [0.5, 0.6) is 5.75 Å². The molecule has 1 fully saturated rings. The number of aromatic nitrogens is 5. The molecule has 0 unspecified atom stereocenters. The Kier molecular flexibility index (Phi) is 3.96. The molecule has 0 aliphatic carbocycles. The van der Waals surface area contributed by atoms with Crippen LogP contribution in [0.25, 0.3) is 11.4 Å². The van der Waals surface area contributed by atoms with Gasteiger partial charge in [0.05, 0.1) is 25.2 Å². The molecule has 1 aliphatic heterocycles. The van der Waals surface area contributed by atoms with Gasteiger partial charge in [0.15, 0.2) is 0 Å². The van der Waals surface area contributed by atoms with Gasteiger partial charge in [-0.2, -0.15) is 4.98 Å². The Morgan fingerprint density at radius 3 is 3.12 bits per heavy atom. The lowest BCUT2D eigenvalue weighted by molar-refractivity contribution is 0.0587. The minimum atomic E-state index is -0.207. The van der Waals surface area contributed by atoms with Gasteiger partial charge >= 0.3 is 0 Å². The van der Waals surface area contributed by atoms with Gasteiger partial charge in [-0.05, 0) is 12.5 Å². The molecule has 1 saturated heterocycles. The van der Waals surface area contributed by atoms with Crippen molar-refractivity contribution in [3.8, 4) is 17.1 Å². The molecule has 0 N–H and O–H groups in total. The standard InChI is InChI=1S/C16H17N5O3/c1-22-13-8-17-4-2-12(13)15-19-16(24-20-15)14-11(3-7-23-14)9-21-6-5-18-10-21/h2,4-6,8,10-11,14H,3,7,9H2,1H3/t11-,14-/m0/s1. The van der Waals surface area contributed by atoms with Crippen LogP contribution < -0.4 is 4.74 Å². The van der Waals surface area contributed by atoms with Crippen LogP contribution in [0.15, 0.2) is 41.7 Å². The third-order valence-electron chi connectivity index (χ3n) is 4.15. The van der Waals surface area contributed by atoms with E-state index >= 15 is 0 Å². The quantitative estimate of drug-likeness (QED) is 0.709. The summed E-state index contributed by atoms with van der Waals surface area (Å²) in [6.45, 7) is 1.49. The molecule has 0 aromatic carbocycles. The second kappa shape index (κ2) is 6.40. The van der Waals surface area contributed by atoms with E-state index in [1.54, 1.807) is 38.1 Å². The molecule has 0 amide bonds. The van der Waals surface area contributed by atoms with E-state index in [1.165, 1.54) is 0 Å². The van der Waals surface area contributed by atoms with E-state index in [0.717, 1.165) is 18.5 Å². The number of ether oxygens (including phenoxy) is 2. The first-order valence-corrected chi connectivity index (χ1v) is 7.74. The molecular weight excluding hydrogens is 310 g/mol. The highest BCUT2D eigenvalue weighted by atomic mass is 16.5. The van der Waals surface area contributed by atoms with Gasteiger partial charge in [-0.15, -0.1) is 0 Å². The lowest BCUT2D eigenvalue weighted by Gasteiger charge is -2.15. The highest BCUT2D eigenvalue weighted by Crippen LogP contribution is 2.36. The number of methoxy groups -OCH3 is 1. The summed E-state index contributed by atoms with van der Waals surface area (Å²) in [4.78, 5) is 12.6. The molecule has 0 saturated carbocycles. The minimum Gasteiger partial charge on any atom is -0.494 e. The fourth-order valence-electron chi connectivity index (χ4n) is 2.95. The Hall–Kier alpha value is -2.74. The Bertz CT molecular complexity index is 802. The fourth-order valence-corrected chi connectivity index (χ4v) is 2.95. The maximum Gasteiger partial charge on any atom is 0.256 e. The average molecular weight is 327 g/mol. The Morgan fingerprint density at radius 2 is 2.29 bits per heavy atom. The Balaban J connectivity index is 1.57. The van der Waals surface area contributed by atoms with Crippen LogP contribution in [0, 0.1) is 5.92 Å². The molecule has 4 rings (SSSR count). The Labute approximate surface area is 138 Å². The van der Waals surface area contributed by atoms with Crippen LogP contribution >= 0.6 is 0 Å². The molecule has 124 valence electrons. The second-order valence-electron chi connectivity index (χ2n) is 5.63. The van der Waals surface area contributed by atoms with E-state index in [0.29, 0.717) is 24.1 Å². The van der Waals surface area contributed by atoms with E-state index in [4.69, 9.17) is 14.0 Å². The monoisotopic (exact) mass is 327 g/mol. The van der Waals surface area contributed by atoms with E-state index in [2.05, 4.69) is 20.1 Å². The number of hydrogen-bond acceptors (Lipinski definition) is 7. The lowest BCUT2D eigenvalue weighted by Crippen LogP contribution is -2.14. The van der Waals surface area contributed by atoms with E-state index < -0.39 is 0 Å². The van der Waals surface area contributed by atoms with Gasteiger partial charge in [0.1, 0.15) is 11.9 Å². The van der Waals surface area contributed by atoms with E-state index in [1.807, 2.05) is 10.8 Å². The molecular formula is C16H17N5O3. The van der Waals surface area contributed by atoms with Gasteiger partial charge < -0.3 is 18.6 Å². The zero-order valence-corrected chi connectivity index (χ0v) is 13.2. The molecule has 3 aromatic heterocycles. The minimum absolute atomic E-state index is 0.207. The number of nitrogens with zero attached hydrogens (tertiary/aromatic N) is 5.